The Morgan fingerprint density at radius 3 is 2.90 bits per heavy atom. The maximum atomic E-state index is 5.47. The number of aromatic nitrogens is 4. The van der Waals surface area contributed by atoms with Crippen LogP contribution in [0.5, 0.6) is 0 Å². The van der Waals surface area contributed by atoms with Crippen molar-refractivity contribution >= 4 is 34.3 Å². The zero-order valence-corrected chi connectivity index (χ0v) is 12.2. The molecule has 1 aromatic carbocycles. The fraction of sp³-hybridized carbons (Fsp3) is 0.0625. The van der Waals surface area contributed by atoms with E-state index in [1.165, 1.54) is 0 Å². The van der Waals surface area contributed by atoms with Crippen molar-refractivity contribution in [2.75, 3.05) is 0 Å². The summed E-state index contributed by atoms with van der Waals surface area (Å²) in [7, 11) is 0. The summed E-state index contributed by atoms with van der Waals surface area (Å²) in [6.45, 7) is 1.99. The minimum absolute atomic E-state index is 0.625. The van der Waals surface area contributed by atoms with Gasteiger partial charge in [-0.05, 0) is 43.4 Å². The highest BCUT2D eigenvalue weighted by Crippen LogP contribution is 2.24. The van der Waals surface area contributed by atoms with Crippen molar-refractivity contribution in [3.05, 3.63) is 59.1 Å². The average Bonchev–Trinajstić information content (AvgIpc) is 2.82. The fourth-order valence-corrected chi connectivity index (χ4v) is 2.87. The molecule has 1 N–H and O–H groups in total. The lowest BCUT2D eigenvalue weighted by molar-refractivity contribution is 1.05. The predicted molar refractivity (Wildman–Crippen MR) is 86.3 cm³/mol. The lowest BCUT2D eigenvalue weighted by Crippen LogP contribution is -1.98. The Balaban J connectivity index is 2.16. The van der Waals surface area contributed by atoms with E-state index in [9.17, 15) is 0 Å². The van der Waals surface area contributed by atoms with Gasteiger partial charge in [0.25, 0.3) is 0 Å². The maximum absolute atomic E-state index is 5.47. The van der Waals surface area contributed by atoms with E-state index >= 15 is 0 Å². The van der Waals surface area contributed by atoms with Gasteiger partial charge in [0.1, 0.15) is 0 Å². The quantitative estimate of drug-likeness (QED) is 0.540. The average molecular weight is 292 g/mol. The Bertz CT molecular complexity index is 1030. The van der Waals surface area contributed by atoms with Gasteiger partial charge >= 0.3 is 0 Å². The molecule has 0 aliphatic carbocycles. The first-order valence-corrected chi connectivity index (χ1v) is 7.07. The van der Waals surface area contributed by atoms with Gasteiger partial charge in [0.15, 0.2) is 10.4 Å². The predicted octanol–water partition coefficient (Wildman–Crippen LogP) is 3.94. The molecule has 0 amide bonds. The molecule has 0 spiro atoms. The molecule has 0 atom stereocenters. The van der Waals surface area contributed by atoms with E-state index in [0.717, 1.165) is 33.4 Å². The topological polar surface area (TPSA) is 46.5 Å². The molecule has 0 fully saturated rings. The number of hydrogen-bond acceptors (Lipinski definition) is 3. The zero-order valence-electron chi connectivity index (χ0n) is 11.4. The first kappa shape index (κ1) is 12.2. The molecule has 4 aromatic rings. The number of fused-ring (bicyclic) bond motifs is 2. The summed E-state index contributed by atoms with van der Waals surface area (Å²) in [4.78, 5) is 12.3. The van der Waals surface area contributed by atoms with E-state index in [0.29, 0.717) is 4.77 Å². The molecular weight excluding hydrogens is 280 g/mol. The number of benzene rings is 1. The van der Waals surface area contributed by atoms with Gasteiger partial charge in [0.2, 0.25) is 0 Å². The van der Waals surface area contributed by atoms with E-state index in [4.69, 9.17) is 12.2 Å². The van der Waals surface area contributed by atoms with Crippen molar-refractivity contribution < 1.29 is 0 Å². The summed E-state index contributed by atoms with van der Waals surface area (Å²) in [6.07, 6.45) is 1.77. The highest BCUT2D eigenvalue weighted by molar-refractivity contribution is 7.71. The molecular formula is C16H12N4S. The number of para-hydroxylation sites is 1. The van der Waals surface area contributed by atoms with Crippen molar-refractivity contribution in [2.45, 2.75) is 6.92 Å². The van der Waals surface area contributed by atoms with Crippen LogP contribution in [0, 0.1) is 11.7 Å². The minimum atomic E-state index is 0.625. The first-order chi connectivity index (χ1) is 10.2. The molecule has 0 bridgehead atoms. The largest absolute Gasteiger partial charge is 0.329 e. The van der Waals surface area contributed by atoms with Gasteiger partial charge in [0.05, 0.1) is 16.7 Å². The highest BCUT2D eigenvalue weighted by atomic mass is 32.1. The van der Waals surface area contributed by atoms with Gasteiger partial charge in [-0.3, -0.25) is 9.55 Å². The van der Waals surface area contributed by atoms with Crippen LogP contribution in [0.2, 0.25) is 0 Å². The molecule has 0 aliphatic heterocycles. The summed E-state index contributed by atoms with van der Waals surface area (Å²) in [5, 5.41) is 1.09. The lowest BCUT2D eigenvalue weighted by atomic mass is 10.1. The number of aryl methyl sites for hydroxylation is 1. The first-order valence-electron chi connectivity index (χ1n) is 6.66. The van der Waals surface area contributed by atoms with Crippen LogP contribution in [0.25, 0.3) is 27.8 Å². The third-order valence-electron chi connectivity index (χ3n) is 3.52. The molecule has 3 aromatic heterocycles. The molecule has 102 valence electrons. The molecule has 4 rings (SSSR count). The molecule has 0 saturated carbocycles. The second kappa shape index (κ2) is 4.49. The van der Waals surface area contributed by atoms with E-state index in [2.05, 4.69) is 27.1 Å². The Morgan fingerprint density at radius 1 is 1.10 bits per heavy atom. The van der Waals surface area contributed by atoms with E-state index < -0.39 is 0 Å². The van der Waals surface area contributed by atoms with Crippen molar-refractivity contribution in [3.8, 4) is 5.69 Å². The highest BCUT2D eigenvalue weighted by Gasteiger charge is 2.11. The number of pyridine rings is 2. The number of aromatic amines is 1. The van der Waals surface area contributed by atoms with Crippen LogP contribution in [0.15, 0.2) is 48.7 Å². The van der Waals surface area contributed by atoms with Crippen LogP contribution in [0.4, 0.5) is 0 Å². The van der Waals surface area contributed by atoms with Crippen molar-refractivity contribution in [2.24, 2.45) is 0 Å². The molecule has 0 radical (unpaired) electrons. The molecule has 4 nitrogen and oxygen atoms in total. The molecule has 0 aliphatic rings. The smallest absolute Gasteiger partial charge is 0.184 e. The monoisotopic (exact) mass is 292 g/mol. The number of nitrogens with one attached hydrogen (secondary N) is 1. The van der Waals surface area contributed by atoms with Gasteiger partial charge in [-0.1, -0.05) is 18.2 Å². The van der Waals surface area contributed by atoms with Gasteiger partial charge in [-0.2, -0.15) is 0 Å². The van der Waals surface area contributed by atoms with E-state index in [1.807, 2.05) is 41.8 Å². The SMILES string of the molecule is Cc1ccc2cccc(-n3c(=S)[nH]c4cccnc43)c2n1. The standard InChI is InChI=1S/C16H12N4S/c1-10-7-8-11-4-2-6-13(14(11)18-10)20-15-12(19-16(20)21)5-3-9-17-15/h2-9H,1H3,(H,19,21). The minimum Gasteiger partial charge on any atom is -0.329 e. The molecule has 0 saturated heterocycles. The van der Waals surface area contributed by atoms with Crippen LogP contribution in [0.3, 0.4) is 0 Å². The van der Waals surface area contributed by atoms with E-state index in [1.54, 1.807) is 6.20 Å². The second-order valence-corrected chi connectivity index (χ2v) is 5.33. The number of hydrogen-bond donors (Lipinski definition) is 1. The number of imidazole rings is 1. The zero-order chi connectivity index (χ0) is 14.4. The van der Waals surface area contributed by atoms with Gasteiger partial charge in [0, 0.05) is 17.3 Å². The maximum Gasteiger partial charge on any atom is 0.184 e. The fourth-order valence-electron chi connectivity index (χ4n) is 2.57. The summed E-state index contributed by atoms with van der Waals surface area (Å²) in [5.74, 6) is 0. The Morgan fingerprint density at radius 2 is 2.00 bits per heavy atom. The Hall–Kier alpha value is -2.53. The van der Waals surface area contributed by atoms with Crippen LogP contribution >= 0.6 is 12.2 Å². The van der Waals surface area contributed by atoms with Crippen LogP contribution in [-0.2, 0) is 0 Å². The third kappa shape index (κ3) is 1.86. The van der Waals surface area contributed by atoms with Crippen LogP contribution in [-0.4, -0.2) is 19.5 Å². The second-order valence-electron chi connectivity index (χ2n) is 4.94. The molecule has 21 heavy (non-hydrogen) atoms. The van der Waals surface area contributed by atoms with Crippen LogP contribution < -0.4 is 0 Å². The molecule has 5 heteroatoms. The van der Waals surface area contributed by atoms with Gasteiger partial charge in [-0.25, -0.2) is 4.98 Å². The van der Waals surface area contributed by atoms with Gasteiger partial charge in [-0.15, -0.1) is 0 Å². The summed E-state index contributed by atoms with van der Waals surface area (Å²) < 4.78 is 2.57. The third-order valence-corrected chi connectivity index (χ3v) is 3.81. The van der Waals surface area contributed by atoms with Crippen molar-refractivity contribution in [3.63, 3.8) is 0 Å². The van der Waals surface area contributed by atoms with Crippen molar-refractivity contribution in [1.82, 2.24) is 19.5 Å². The summed E-state index contributed by atoms with van der Waals surface area (Å²) in [5.41, 5.74) is 4.60. The molecule has 0 unspecified atom stereocenters. The number of rotatable bonds is 1. The number of nitrogens with zero attached hydrogens (tertiary/aromatic N) is 3. The number of H-pyrrole nitrogens is 1. The van der Waals surface area contributed by atoms with Crippen LogP contribution in [0.1, 0.15) is 5.69 Å². The van der Waals surface area contributed by atoms with E-state index in [-0.39, 0.29) is 0 Å². The summed E-state index contributed by atoms with van der Waals surface area (Å²) >= 11 is 5.47. The Kier molecular flexibility index (Phi) is 2.62. The van der Waals surface area contributed by atoms with Gasteiger partial charge < -0.3 is 4.98 Å². The Labute approximate surface area is 126 Å². The lowest BCUT2D eigenvalue weighted by Gasteiger charge is -2.08. The summed E-state index contributed by atoms with van der Waals surface area (Å²) in [6, 6.07) is 14.0. The molecule has 3 heterocycles. The normalized spacial score (nSPS) is 11.3. The van der Waals surface area contributed by atoms with Crippen molar-refractivity contribution in [1.29, 1.82) is 0 Å².